The summed E-state index contributed by atoms with van der Waals surface area (Å²) in [5, 5.41) is 9.85. The number of rotatable bonds is 0. The fourth-order valence-electron chi connectivity index (χ4n) is 1.04. The number of aromatic nitrogens is 2. The molecule has 5 heteroatoms. The summed E-state index contributed by atoms with van der Waals surface area (Å²) in [4.78, 5) is 17.2. The third kappa shape index (κ3) is 2.39. The predicted octanol–water partition coefficient (Wildman–Crippen LogP) is 1.08. The first kappa shape index (κ1) is 13.3. The van der Waals surface area contributed by atoms with Crippen molar-refractivity contribution in [2.45, 2.75) is 0 Å². The Kier molecular flexibility index (Phi) is 4.95. The quantitative estimate of drug-likeness (QED) is 0.701. The molecule has 2 aromatic heterocycles. The van der Waals surface area contributed by atoms with E-state index in [1.807, 2.05) is 0 Å². The number of hydrogen-bond donors (Lipinski definition) is 2. The molecule has 2 aromatic rings. The van der Waals surface area contributed by atoms with E-state index < -0.39 is 0 Å². The minimum Gasteiger partial charge on any atom is -0.507 e. The molecule has 0 saturated heterocycles. The van der Waals surface area contributed by atoms with Gasteiger partial charge in [0.1, 0.15) is 11.4 Å². The number of pyridine rings is 2. The zero-order valence-corrected chi connectivity index (χ0v) is 10.5. The third-order valence-corrected chi connectivity index (χ3v) is 1.61. The summed E-state index contributed by atoms with van der Waals surface area (Å²) < 4.78 is 0. The van der Waals surface area contributed by atoms with Crippen LogP contribution in [0.5, 0.6) is 5.75 Å². The van der Waals surface area contributed by atoms with E-state index in [0.717, 1.165) is 0 Å². The molecule has 0 unspecified atom stereocenters. The average Bonchev–Trinajstić information content (AvgIpc) is 2.04. The number of hydrogen-bond acceptors (Lipinski definition) is 3. The largest absolute Gasteiger partial charge is 0.507 e. The molecule has 0 aliphatic carbocycles. The predicted molar refractivity (Wildman–Crippen MR) is 50.4 cm³/mol. The molecular weight excluding hydrogens is 257 g/mol. The zero-order valence-electron chi connectivity index (χ0n) is 7.69. The zero-order chi connectivity index (χ0) is 8.55. The van der Waals surface area contributed by atoms with Crippen molar-refractivity contribution in [3.05, 3.63) is 42.2 Å². The van der Waals surface area contributed by atoms with E-state index in [1.165, 1.54) is 24.4 Å². The topological polar surface area (TPSA) is 66.0 Å². The maximum Gasteiger partial charge on any atom is 0.249 e. The Hall–Kier alpha value is -0.736. The SMILES string of the molecule is O=c1ccc2c(O)ccnc2[nH]1.[CH3-].[Y]. The summed E-state index contributed by atoms with van der Waals surface area (Å²) in [7, 11) is 0. The fourth-order valence-corrected chi connectivity index (χ4v) is 1.04. The van der Waals surface area contributed by atoms with Gasteiger partial charge in [-0.25, -0.2) is 4.98 Å². The molecule has 0 bridgehead atoms. The molecule has 0 saturated carbocycles. The van der Waals surface area contributed by atoms with Gasteiger partial charge in [0.15, 0.2) is 0 Å². The van der Waals surface area contributed by atoms with Crippen LogP contribution in [0.1, 0.15) is 0 Å². The van der Waals surface area contributed by atoms with Gasteiger partial charge in [0.05, 0.1) is 5.39 Å². The maximum absolute atomic E-state index is 10.8. The first-order chi connectivity index (χ1) is 5.77. The Balaban J connectivity index is 0.000000845. The summed E-state index contributed by atoms with van der Waals surface area (Å²) in [6.07, 6.45) is 1.44. The molecule has 0 aliphatic rings. The van der Waals surface area contributed by atoms with Crippen LogP contribution in [-0.2, 0) is 32.7 Å². The summed E-state index contributed by atoms with van der Waals surface area (Å²) >= 11 is 0. The van der Waals surface area contributed by atoms with Crippen molar-refractivity contribution in [3.8, 4) is 5.75 Å². The second kappa shape index (κ2) is 5.22. The van der Waals surface area contributed by atoms with Gasteiger partial charge in [-0.3, -0.25) is 4.79 Å². The van der Waals surface area contributed by atoms with Crippen molar-refractivity contribution < 1.29 is 37.8 Å². The number of nitrogens with one attached hydrogen (secondary N) is 1. The van der Waals surface area contributed by atoms with Crippen molar-refractivity contribution in [3.63, 3.8) is 0 Å². The minimum absolute atomic E-state index is 0. The van der Waals surface area contributed by atoms with E-state index in [0.29, 0.717) is 11.0 Å². The van der Waals surface area contributed by atoms with E-state index in [9.17, 15) is 9.90 Å². The Bertz CT molecular complexity index is 481. The van der Waals surface area contributed by atoms with Crippen molar-refractivity contribution in [1.82, 2.24) is 9.97 Å². The summed E-state index contributed by atoms with van der Waals surface area (Å²) in [5.41, 5.74) is 0.183. The first-order valence-corrected chi connectivity index (χ1v) is 3.44. The van der Waals surface area contributed by atoms with E-state index in [4.69, 9.17) is 0 Å². The van der Waals surface area contributed by atoms with Gasteiger partial charge >= 0.3 is 0 Å². The fraction of sp³-hybridized carbons (Fsp3) is 0. The van der Waals surface area contributed by atoms with Gasteiger partial charge in [-0.15, -0.1) is 0 Å². The monoisotopic (exact) mass is 266 g/mol. The Labute approximate surface area is 106 Å². The minimum atomic E-state index is -0.222. The van der Waals surface area contributed by atoms with Gasteiger partial charge in [-0.2, -0.15) is 0 Å². The molecule has 2 N–H and O–H groups in total. The van der Waals surface area contributed by atoms with Crippen molar-refractivity contribution in [2.24, 2.45) is 0 Å². The molecule has 2 heterocycles. The number of aromatic amines is 1. The number of H-pyrrole nitrogens is 1. The van der Waals surface area contributed by atoms with Crippen LogP contribution >= 0.6 is 0 Å². The standard InChI is InChI=1S/C8H6N2O2.CH3.Y/c11-6-3-4-9-8-5(6)1-2-7(12)10-8;;/h1-4H,(H2,9,10,11,12);1H3;/q;-1;. The number of nitrogens with zero attached hydrogens (tertiary/aromatic N) is 1. The molecular formula is C9H9N2O2Y-. The molecule has 0 fully saturated rings. The molecule has 0 amide bonds. The maximum atomic E-state index is 10.8. The molecule has 2 rings (SSSR count). The van der Waals surface area contributed by atoms with Crippen LogP contribution in [0, 0.1) is 7.43 Å². The van der Waals surface area contributed by atoms with Gasteiger partial charge < -0.3 is 17.5 Å². The Morgan fingerprint density at radius 2 is 2.00 bits per heavy atom. The van der Waals surface area contributed by atoms with Crippen LogP contribution in [0.15, 0.2) is 29.2 Å². The van der Waals surface area contributed by atoms with E-state index in [2.05, 4.69) is 9.97 Å². The second-order valence-electron chi connectivity index (χ2n) is 2.41. The van der Waals surface area contributed by atoms with Crippen LogP contribution in [0.3, 0.4) is 0 Å². The molecule has 0 aromatic carbocycles. The van der Waals surface area contributed by atoms with Crippen LogP contribution in [0.2, 0.25) is 0 Å². The Morgan fingerprint density at radius 1 is 1.29 bits per heavy atom. The summed E-state index contributed by atoms with van der Waals surface area (Å²) in [6.45, 7) is 0. The molecule has 4 nitrogen and oxygen atoms in total. The molecule has 0 spiro atoms. The average molecular weight is 266 g/mol. The van der Waals surface area contributed by atoms with E-state index in [-0.39, 0.29) is 51.4 Å². The molecule has 0 aliphatic heterocycles. The van der Waals surface area contributed by atoms with Gasteiger partial charge in [0.2, 0.25) is 5.56 Å². The normalized spacial score (nSPS) is 8.86. The number of aromatic hydroxyl groups is 1. The van der Waals surface area contributed by atoms with E-state index >= 15 is 0 Å². The van der Waals surface area contributed by atoms with Crippen LogP contribution in [0.4, 0.5) is 0 Å². The smallest absolute Gasteiger partial charge is 0.249 e. The van der Waals surface area contributed by atoms with Crippen molar-refractivity contribution >= 4 is 11.0 Å². The third-order valence-electron chi connectivity index (χ3n) is 1.61. The molecule has 71 valence electrons. The van der Waals surface area contributed by atoms with Gasteiger partial charge in [-0.05, 0) is 12.1 Å². The van der Waals surface area contributed by atoms with Crippen LogP contribution in [-0.4, -0.2) is 15.1 Å². The molecule has 1 radical (unpaired) electrons. The van der Waals surface area contributed by atoms with E-state index in [1.54, 1.807) is 0 Å². The number of fused-ring (bicyclic) bond motifs is 1. The second-order valence-corrected chi connectivity index (χ2v) is 2.41. The van der Waals surface area contributed by atoms with Gasteiger partial charge in [0, 0.05) is 45.0 Å². The van der Waals surface area contributed by atoms with Crippen LogP contribution < -0.4 is 5.56 Å². The first-order valence-electron chi connectivity index (χ1n) is 3.44. The van der Waals surface area contributed by atoms with Gasteiger partial charge in [0.25, 0.3) is 0 Å². The van der Waals surface area contributed by atoms with Crippen LogP contribution in [0.25, 0.3) is 11.0 Å². The summed E-state index contributed by atoms with van der Waals surface area (Å²) in [6, 6.07) is 4.36. The van der Waals surface area contributed by atoms with Gasteiger partial charge in [-0.1, -0.05) is 0 Å². The molecule has 14 heavy (non-hydrogen) atoms. The summed E-state index contributed by atoms with van der Waals surface area (Å²) in [5.74, 6) is 0.122. The Morgan fingerprint density at radius 3 is 2.71 bits per heavy atom. The van der Waals surface area contributed by atoms with Crippen molar-refractivity contribution in [2.75, 3.05) is 0 Å². The van der Waals surface area contributed by atoms with Crippen molar-refractivity contribution in [1.29, 1.82) is 0 Å². The molecule has 0 atom stereocenters.